The largest absolute Gasteiger partial charge is 0.274 e. The highest BCUT2D eigenvalue weighted by Gasteiger charge is 2.62. The van der Waals surface area contributed by atoms with Gasteiger partial charge in [-0.2, -0.15) is 0 Å². The van der Waals surface area contributed by atoms with Crippen molar-refractivity contribution in [2.24, 2.45) is 23.7 Å². The molecule has 6 rings (SSSR count). The van der Waals surface area contributed by atoms with Gasteiger partial charge in [0.05, 0.1) is 22.4 Å². The van der Waals surface area contributed by atoms with Crippen molar-refractivity contribution >= 4 is 28.8 Å². The van der Waals surface area contributed by atoms with Crippen LogP contribution in [-0.2, 0) is 9.59 Å². The number of carbonyl (C=O) groups excluding carboxylic acids is 2. The first-order valence-electron chi connectivity index (χ1n) is 11.6. The van der Waals surface area contributed by atoms with E-state index in [4.69, 9.17) is 0 Å². The first-order chi connectivity index (χ1) is 17.0. The summed E-state index contributed by atoms with van der Waals surface area (Å²) in [6.45, 7) is 1.64. The normalized spacial score (nSPS) is 24.3. The van der Waals surface area contributed by atoms with Crippen LogP contribution in [0.5, 0.6) is 0 Å². The van der Waals surface area contributed by atoms with E-state index in [-0.39, 0.29) is 35.0 Å². The number of anilines is 1. The zero-order valence-electron chi connectivity index (χ0n) is 19.0. The molecular formula is C29H22N2O4. The van der Waals surface area contributed by atoms with E-state index in [1.807, 2.05) is 36.4 Å². The van der Waals surface area contributed by atoms with Gasteiger partial charge in [-0.05, 0) is 35.3 Å². The van der Waals surface area contributed by atoms with Crippen LogP contribution in [0.1, 0.15) is 16.7 Å². The fourth-order valence-corrected chi connectivity index (χ4v) is 5.99. The van der Waals surface area contributed by atoms with E-state index in [2.05, 4.69) is 36.4 Å². The fourth-order valence-electron chi connectivity index (χ4n) is 5.99. The first-order valence-corrected chi connectivity index (χ1v) is 11.6. The molecule has 4 atom stereocenters. The van der Waals surface area contributed by atoms with Gasteiger partial charge in [-0.25, -0.2) is 4.90 Å². The molecule has 0 N–H and O–H groups in total. The minimum absolute atomic E-state index is 0.0997. The Morgan fingerprint density at radius 2 is 1.31 bits per heavy atom. The lowest BCUT2D eigenvalue weighted by molar-refractivity contribution is -0.385. The summed E-state index contributed by atoms with van der Waals surface area (Å²) >= 11 is 0. The minimum Gasteiger partial charge on any atom is -0.274 e. The molecule has 0 aromatic heterocycles. The van der Waals surface area contributed by atoms with Crippen molar-refractivity contribution < 1.29 is 14.5 Å². The van der Waals surface area contributed by atoms with Gasteiger partial charge in [0.2, 0.25) is 11.8 Å². The lowest BCUT2D eigenvalue weighted by Crippen LogP contribution is -2.33. The number of carbonyl (C=O) groups is 2. The molecule has 2 aliphatic carbocycles. The Morgan fingerprint density at radius 3 is 1.80 bits per heavy atom. The quantitative estimate of drug-likeness (QED) is 0.227. The number of benzene rings is 3. The third-order valence-electron chi connectivity index (χ3n) is 7.48. The summed E-state index contributed by atoms with van der Waals surface area (Å²) in [6, 6.07) is 24.7. The molecule has 3 aromatic rings. The van der Waals surface area contributed by atoms with E-state index in [0.717, 1.165) is 27.2 Å². The van der Waals surface area contributed by atoms with Crippen molar-refractivity contribution in [2.45, 2.75) is 6.92 Å². The van der Waals surface area contributed by atoms with Gasteiger partial charge in [-0.3, -0.25) is 19.7 Å². The molecule has 0 unspecified atom stereocenters. The number of fused-ring (bicyclic) bond motifs is 5. The molecule has 1 saturated carbocycles. The second kappa shape index (κ2) is 7.87. The van der Waals surface area contributed by atoms with Crippen molar-refractivity contribution in [2.75, 3.05) is 4.90 Å². The summed E-state index contributed by atoms with van der Waals surface area (Å²) in [5, 5.41) is 11.5. The van der Waals surface area contributed by atoms with Crippen LogP contribution in [0, 0.1) is 40.7 Å². The number of aryl methyl sites for hydroxylation is 1. The van der Waals surface area contributed by atoms with Crippen molar-refractivity contribution in [3.63, 3.8) is 0 Å². The summed E-state index contributed by atoms with van der Waals surface area (Å²) in [6.07, 6.45) is 4.11. The van der Waals surface area contributed by atoms with Gasteiger partial charge in [0.15, 0.2) is 0 Å². The molecule has 3 aromatic carbocycles. The molecule has 0 radical (unpaired) electrons. The summed E-state index contributed by atoms with van der Waals surface area (Å²) in [5.41, 5.74) is 4.93. The summed E-state index contributed by atoms with van der Waals surface area (Å²) in [7, 11) is 0. The SMILES string of the molecule is Cc1ccc(N2C(=O)[C@H]3[C@H](C2=O)[C@H]2C=C[C@H]3C2=C(c2ccccc2)c2ccccc2)cc1[N+](=O)[O-]. The fraction of sp³-hybridized carbons (Fsp3) is 0.172. The van der Waals surface area contributed by atoms with Gasteiger partial charge in [0.1, 0.15) is 0 Å². The zero-order valence-corrected chi connectivity index (χ0v) is 19.0. The van der Waals surface area contributed by atoms with E-state index in [1.54, 1.807) is 19.1 Å². The lowest BCUT2D eigenvalue weighted by Gasteiger charge is -2.21. The third-order valence-corrected chi connectivity index (χ3v) is 7.48. The van der Waals surface area contributed by atoms with Crippen LogP contribution >= 0.6 is 0 Å². The molecule has 2 fully saturated rings. The molecule has 1 saturated heterocycles. The van der Waals surface area contributed by atoms with Crippen LogP contribution in [0.25, 0.3) is 5.57 Å². The molecule has 6 heteroatoms. The average Bonchev–Trinajstić information content (AvgIpc) is 3.50. The number of rotatable bonds is 4. The number of nitro benzene ring substituents is 1. The topological polar surface area (TPSA) is 80.5 Å². The van der Waals surface area contributed by atoms with E-state index in [1.165, 1.54) is 6.07 Å². The Bertz CT molecular complexity index is 1370. The van der Waals surface area contributed by atoms with Gasteiger partial charge in [0.25, 0.3) is 5.69 Å². The highest BCUT2D eigenvalue weighted by molar-refractivity contribution is 6.23. The van der Waals surface area contributed by atoms with Crippen molar-refractivity contribution in [1.82, 2.24) is 0 Å². The molecule has 6 nitrogen and oxygen atoms in total. The van der Waals surface area contributed by atoms with Gasteiger partial charge in [-0.15, -0.1) is 0 Å². The van der Waals surface area contributed by atoms with Crippen LogP contribution in [0.2, 0.25) is 0 Å². The number of allylic oxidation sites excluding steroid dienone is 3. The molecule has 1 heterocycles. The Labute approximate surface area is 202 Å². The van der Waals surface area contributed by atoms with E-state index in [9.17, 15) is 19.7 Å². The maximum atomic E-state index is 13.7. The highest BCUT2D eigenvalue weighted by Crippen LogP contribution is 2.59. The molecule has 35 heavy (non-hydrogen) atoms. The van der Waals surface area contributed by atoms with Crippen LogP contribution in [0.15, 0.2) is 96.6 Å². The number of nitrogens with zero attached hydrogens (tertiary/aromatic N) is 2. The van der Waals surface area contributed by atoms with Crippen LogP contribution in [0.4, 0.5) is 11.4 Å². The maximum Gasteiger partial charge on any atom is 0.274 e. The summed E-state index contributed by atoms with van der Waals surface area (Å²) in [4.78, 5) is 39.5. The molecule has 3 aliphatic rings. The number of nitro groups is 1. The second-order valence-electron chi connectivity index (χ2n) is 9.29. The predicted octanol–water partition coefficient (Wildman–Crippen LogP) is 5.33. The lowest BCUT2D eigenvalue weighted by atomic mass is 9.85. The van der Waals surface area contributed by atoms with Gasteiger partial charge in [0, 0.05) is 23.5 Å². The zero-order chi connectivity index (χ0) is 24.3. The standard InChI is InChI=1S/C29H22N2O4/c1-17-12-13-20(16-23(17)31(34)35)30-28(32)26-21-14-15-22(27(26)29(30)33)25(21)24(18-8-4-2-5-9-18)19-10-6-3-7-11-19/h2-16,21-22,26-27H,1H3/t21-,22-,26+,27+/m0/s1. The average molecular weight is 463 g/mol. The summed E-state index contributed by atoms with van der Waals surface area (Å²) < 4.78 is 0. The molecule has 1 aliphatic heterocycles. The molecule has 2 bridgehead atoms. The minimum atomic E-state index is -0.504. The monoisotopic (exact) mass is 462 g/mol. The second-order valence-corrected chi connectivity index (χ2v) is 9.29. The van der Waals surface area contributed by atoms with E-state index in [0.29, 0.717) is 5.56 Å². The van der Waals surface area contributed by atoms with E-state index >= 15 is 0 Å². The van der Waals surface area contributed by atoms with Crippen molar-refractivity contribution in [3.05, 3.63) is 123 Å². The van der Waals surface area contributed by atoms with Gasteiger partial charge >= 0.3 is 0 Å². The molecule has 2 amide bonds. The molecular weight excluding hydrogens is 440 g/mol. The van der Waals surface area contributed by atoms with Crippen molar-refractivity contribution in [1.29, 1.82) is 0 Å². The van der Waals surface area contributed by atoms with Gasteiger partial charge < -0.3 is 0 Å². The maximum absolute atomic E-state index is 13.7. The van der Waals surface area contributed by atoms with E-state index < -0.39 is 16.8 Å². The smallest absolute Gasteiger partial charge is 0.274 e. The Balaban J connectivity index is 1.46. The summed E-state index contributed by atoms with van der Waals surface area (Å²) in [5.74, 6) is -1.96. The number of hydrogen-bond donors (Lipinski definition) is 0. The predicted molar refractivity (Wildman–Crippen MR) is 132 cm³/mol. The number of imide groups is 1. The first kappa shape index (κ1) is 21.2. The van der Waals surface area contributed by atoms with Crippen LogP contribution in [0.3, 0.4) is 0 Å². The van der Waals surface area contributed by atoms with Crippen LogP contribution in [-0.4, -0.2) is 16.7 Å². The molecule has 172 valence electrons. The Hall–Kier alpha value is -4.32. The number of hydrogen-bond acceptors (Lipinski definition) is 4. The third kappa shape index (κ3) is 3.10. The van der Waals surface area contributed by atoms with Crippen molar-refractivity contribution in [3.8, 4) is 0 Å². The Morgan fingerprint density at radius 1 is 0.800 bits per heavy atom. The van der Waals surface area contributed by atoms with Crippen LogP contribution < -0.4 is 4.90 Å². The number of amides is 2. The molecule has 0 spiro atoms. The highest BCUT2D eigenvalue weighted by atomic mass is 16.6. The van der Waals surface area contributed by atoms with Gasteiger partial charge in [-0.1, -0.05) is 78.9 Å². The Kier molecular flexibility index (Phi) is 4.78.